The fourth-order valence-corrected chi connectivity index (χ4v) is 4.96. The predicted molar refractivity (Wildman–Crippen MR) is 122 cm³/mol. The van der Waals surface area contributed by atoms with Gasteiger partial charge in [0.05, 0.1) is 17.8 Å². The molecule has 0 aliphatic heterocycles. The van der Waals surface area contributed by atoms with Crippen LogP contribution in [0.3, 0.4) is 0 Å². The Morgan fingerprint density at radius 1 is 1.21 bits per heavy atom. The normalized spacial score (nSPS) is 11.1. The molecular weight excluding hydrogens is 426 g/mol. The van der Waals surface area contributed by atoms with Gasteiger partial charge >= 0.3 is 0 Å². The number of carbonyl (C=O) groups is 1. The average Bonchev–Trinajstić information content (AvgIpc) is 3.18. The summed E-state index contributed by atoms with van der Waals surface area (Å²) in [7, 11) is 0. The molecule has 0 bridgehead atoms. The number of halogens is 1. The van der Waals surface area contributed by atoms with Crippen LogP contribution in [0.15, 0.2) is 45.7 Å². The molecule has 0 atom stereocenters. The number of thiophene rings is 1. The van der Waals surface area contributed by atoms with Crippen molar-refractivity contribution in [2.45, 2.75) is 38.4 Å². The summed E-state index contributed by atoms with van der Waals surface area (Å²) in [6, 6.07) is 9.31. The van der Waals surface area contributed by atoms with Crippen molar-refractivity contribution in [2.24, 2.45) is 0 Å². The lowest BCUT2D eigenvalue weighted by Gasteiger charge is -2.21. The lowest BCUT2D eigenvalue weighted by Crippen LogP contribution is -2.34. The molecule has 29 heavy (non-hydrogen) atoms. The molecular formula is C21H24ClN3O2S2. The van der Waals surface area contributed by atoms with Gasteiger partial charge in [0.1, 0.15) is 4.70 Å². The Morgan fingerprint density at radius 3 is 2.62 bits per heavy atom. The third-order valence-corrected chi connectivity index (χ3v) is 6.70. The average molecular weight is 450 g/mol. The molecule has 0 saturated heterocycles. The van der Waals surface area contributed by atoms with Crippen LogP contribution >= 0.6 is 34.7 Å². The molecule has 0 saturated carbocycles. The highest BCUT2D eigenvalue weighted by Crippen LogP contribution is 2.24. The molecule has 5 nitrogen and oxygen atoms in total. The Kier molecular flexibility index (Phi) is 7.75. The van der Waals surface area contributed by atoms with E-state index < -0.39 is 0 Å². The lowest BCUT2D eigenvalue weighted by molar-refractivity contribution is -0.128. The summed E-state index contributed by atoms with van der Waals surface area (Å²) in [4.78, 5) is 32.3. The van der Waals surface area contributed by atoms with Crippen molar-refractivity contribution >= 4 is 50.8 Å². The highest BCUT2D eigenvalue weighted by Gasteiger charge is 2.17. The minimum Gasteiger partial charge on any atom is -0.342 e. The van der Waals surface area contributed by atoms with E-state index in [4.69, 9.17) is 11.6 Å². The molecule has 0 unspecified atom stereocenters. The van der Waals surface area contributed by atoms with Gasteiger partial charge in [-0.15, -0.1) is 11.3 Å². The summed E-state index contributed by atoms with van der Waals surface area (Å²) in [6.07, 6.45) is 1.85. The maximum absolute atomic E-state index is 13.1. The number of rotatable bonds is 9. The fourth-order valence-electron chi connectivity index (χ4n) is 3.09. The lowest BCUT2D eigenvalue weighted by atomic mass is 10.2. The van der Waals surface area contributed by atoms with Crippen molar-refractivity contribution in [1.82, 2.24) is 14.5 Å². The van der Waals surface area contributed by atoms with E-state index in [9.17, 15) is 9.59 Å². The first-order chi connectivity index (χ1) is 14.0. The quantitative estimate of drug-likeness (QED) is 0.344. The predicted octanol–water partition coefficient (Wildman–Crippen LogP) is 4.90. The highest BCUT2D eigenvalue weighted by molar-refractivity contribution is 7.99. The van der Waals surface area contributed by atoms with Gasteiger partial charge in [-0.25, -0.2) is 4.98 Å². The molecule has 154 valence electrons. The number of benzene rings is 1. The van der Waals surface area contributed by atoms with Crippen molar-refractivity contribution in [1.29, 1.82) is 0 Å². The second kappa shape index (κ2) is 10.3. The zero-order chi connectivity index (χ0) is 20.8. The monoisotopic (exact) mass is 449 g/mol. The van der Waals surface area contributed by atoms with Gasteiger partial charge in [0, 0.05) is 18.1 Å². The van der Waals surface area contributed by atoms with Crippen molar-refractivity contribution in [3.05, 3.63) is 56.7 Å². The van der Waals surface area contributed by atoms with Crippen molar-refractivity contribution in [2.75, 3.05) is 18.8 Å². The zero-order valence-corrected chi connectivity index (χ0v) is 18.9. The molecule has 0 spiro atoms. The first-order valence-corrected chi connectivity index (χ1v) is 11.9. The molecule has 0 fully saturated rings. The van der Waals surface area contributed by atoms with Gasteiger partial charge in [-0.2, -0.15) is 0 Å². The van der Waals surface area contributed by atoms with E-state index >= 15 is 0 Å². The molecule has 0 aliphatic rings. The van der Waals surface area contributed by atoms with Crippen molar-refractivity contribution in [3.8, 4) is 0 Å². The van der Waals surface area contributed by atoms with Gasteiger partial charge in [0.25, 0.3) is 5.56 Å². The molecule has 0 N–H and O–H groups in total. The Morgan fingerprint density at radius 2 is 1.93 bits per heavy atom. The van der Waals surface area contributed by atoms with Crippen LogP contribution in [0.25, 0.3) is 10.2 Å². The summed E-state index contributed by atoms with van der Waals surface area (Å²) >= 11 is 9.01. The van der Waals surface area contributed by atoms with Gasteiger partial charge in [-0.1, -0.05) is 55.4 Å². The van der Waals surface area contributed by atoms with Crippen LogP contribution < -0.4 is 5.56 Å². The number of hydrogen-bond acceptors (Lipinski definition) is 5. The van der Waals surface area contributed by atoms with E-state index in [0.717, 1.165) is 31.5 Å². The van der Waals surface area contributed by atoms with Crippen LogP contribution in [-0.2, 0) is 11.3 Å². The maximum Gasteiger partial charge on any atom is 0.272 e. The molecule has 2 heterocycles. The Hall–Kier alpha value is -1.83. The second-order valence-electron chi connectivity index (χ2n) is 6.68. The van der Waals surface area contributed by atoms with Gasteiger partial charge < -0.3 is 4.90 Å². The summed E-state index contributed by atoms with van der Waals surface area (Å²) < 4.78 is 2.24. The van der Waals surface area contributed by atoms with Crippen molar-refractivity contribution in [3.63, 3.8) is 0 Å². The van der Waals surface area contributed by atoms with Crippen LogP contribution in [0.2, 0.25) is 5.02 Å². The fraction of sp³-hybridized carbons (Fsp3) is 0.381. The topological polar surface area (TPSA) is 55.2 Å². The van der Waals surface area contributed by atoms with Crippen LogP contribution in [-0.4, -0.2) is 39.2 Å². The van der Waals surface area contributed by atoms with Gasteiger partial charge in [-0.3, -0.25) is 14.2 Å². The van der Waals surface area contributed by atoms with Crippen molar-refractivity contribution < 1.29 is 4.79 Å². The number of nitrogens with zero attached hydrogens (tertiary/aromatic N) is 3. The van der Waals surface area contributed by atoms with E-state index in [1.807, 2.05) is 40.6 Å². The largest absolute Gasteiger partial charge is 0.342 e. The van der Waals surface area contributed by atoms with Gasteiger partial charge in [0.15, 0.2) is 5.16 Å². The molecule has 3 aromatic rings. The van der Waals surface area contributed by atoms with E-state index in [0.29, 0.717) is 26.9 Å². The van der Waals surface area contributed by atoms with Crippen LogP contribution in [0.1, 0.15) is 32.3 Å². The molecule has 3 rings (SSSR count). The number of carbonyl (C=O) groups excluding carboxylic acids is 1. The van der Waals surface area contributed by atoms with Crippen LogP contribution in [0.5, 0.6) is 0 Å². The molecule has 0 radical (unpaired) electrons. The smallest absolute Gasteiger partial charge is 0.272 e. The number of aromatic nitrogens is 2. The van der Waals surface area contributed by atoms with Crippen LogP contribution in [0.4, 0.5) is 0 Å². The number of hydrogen-bond donors (Lipinski definition) is 0. The van der Waals surface area contributed by atoms with E-state index in [1.54, 1.807) is 4.57 Å². The molecule has 1 aromatic carbocycles. The maximum atomic E-state index is 13.1. The minimum absolute atomic E-state index is 0.0719. The van der Waals surface area contributed by atoms with E-state index in [1.165, 1.54) is 23.1 Å². The van der Waals surface area contributed by atoms with Gasteiger partial charge in [0.2, 0.25) is 5.91 Å². The van der Waals surface area contributed by atoms with E-state index in [2.05, 4.69) is 18.8 Å². The first-order valence-electron chi connectivity index (χ1n) is 9.67. The number of fused-ring (bicyclic) bond motifs is 1. The third-order valence-electron chi connectivity index (χ3n) is 4.48. The molecule has 0 aliphatic carbocycles. The standard InChI is InChI=1S/C21H24ClN3O2S2/c1-3-10-24(11-4-2)18(26)14-29-21-23-17-9-12-28-19(17)20(27)25(21)13-15-7-5-6-8-16(15)22/h5-9,12H,3-4,10-11,13-14H2,1-2H3. The Balaban J connectivity index is 1.91. The zero-order valence-electron chi connectivity index (χ0n) is 16.6. The molecule has 8 heteroatoms. The van der Waals surface area contributed by atoms with Gasteiger partial charge in [-0.05, 0) is 35.9 Å². The van der Waals surface area contributed by atoms with E-state index in [-0.39, 0.29) is 17.2 Å². The summed E-state index contributed by atoms with van der Waals surface area (Å²) in [5, 5.41) is 3.01. The number of thioether (sulfide) groups is 1. The Labute approximate surface area is 183 Å². The number of amides is 1. The highest BCUT2D eigenvalue weighted by atomic mass is 35.5. The third kappa shape index (κ3) is 5.21. The molecule has 2 aromatic heterocycles. The van der Waals surface area contributed by atoms with Crippen LogP contribution in [0, 0.1) is 0 Å². The summed E-state index contributed by atoms with van der Waals surface area (Å²) in [6.45, 7) is 5.95. The Bertz CT molecular complexity index is 1040. The summed E-state index contributed by atoms with van der Waals surface area (Å²) in [5.74, 6) is 0.326. The minimum atomic E-state index is -0.0983. The summed E-state index contributed by atoms with van der Waals surface area (Å²) in [5.41, 5.74) is 1.42. The SMILES string of the molecule is CCCN(CCC)C(=O)CSc1nc2ccsc2c(=O)n1Cc1ccccc1Cl. The first kappa shape index (κ1) is 21.9. The molecule has 1 amide bonds. The second-order valence-corrected chi connectivity index (χ2v) is 8.95.